The molecule has 234 valence electrons. The summed E-state index contributed by atoms with van der Waals surface area (Å²) < 4.78 is 24.0. The summed E-state index contributed by atoms with van der Waals surface area (Å²) in [7, 11) is 1.70. The maximum Gasteiger partial charge on any atom is 0.187 e. The number of fused-ring (bicyclic) bond motifs is 2. The highest BCUT2D eigenvalue weighted by molar-refractivity contribution is 5.43. The maximum absolute atomic E-state index is 12.0. The molecule has 1 heterocycles. The van der Waals surface area contributed by atoms with Crippen LogP contribution in [0.5, 0.6) is 0 Å². The lowest BCUT2D eigenvalue weighted by Crippen LogP contribution is -2.61. The Balaban J connectivity index is 1.74. The molecule has 0 aromatic heterocycles. The number of aliphatic hydroxyl groups is 5. The summed E-state index contributed by atoms with van der Waals surface area (Å²) in [6, 6.07) is 0. The Kier molecular flexibility index (Phi) is 9.96. The minimum atomic E-state index is -1.56. The molecule has 41 heavy (non-hydrogen) atoms. The molecular weight excluding hydrogens is 528 g/mol. The molecule has 12 atom stereocenters. The van der Waals surface area contributed by atoms with Crippen LogP contribution in [0.1, 0.15) is 60.8 Å². The van der Waals surface area contributed by atoms with Gasteiger partial charge in [0.15, 0.2) is 6.29 Å². The highest BCUT2D eigenvalue weighted by atomic mass is 16.7. The van der Waals surface area contributed by atoms with E-state index in [4.69, 9.17) is 18.9 Å². The first-order chi connectivity index (χ1) is 19.2. The summed E-state index contributed by atoms with van der Waals surface area (Å²) >= 11 is 0. The van der Waals surface area contributed by atoms with Gasteiger partial charge in [-0.2, -0.15) is 0 Å². The van der Waals surface area contributed by atoms with Crippen molar-refractivity contribution >= 4 is 0 Å². The third-order valence-corrected chi connectivity index (χ3v) is 10.1. The average molecular weight is 581 g/mol. The molecule has 1 saturated heterocycles. The maximum atomic E-state index is 12.0. The van der Waals surface area contributed by atoms with Crippen molar-refractivity contribution in [2.24, 2.45) is 29.1 Å². The Labute approximate surface area is 244 Å². The van der Waals surface area contributed by atoms with Crippen LogP contribution in [0.25, 0.3) is 0 Å². The van der Waals surface area contributed by atoms with Crippen LogP contribution in [0.3, 0.4) is 0 Å². The van der Waals surface area contributed by atoms with E-state index < -0.39 is 60.0 Å². The first-order valence-electron chi connectivity index (χ1n) is 15.1. The molecule has 4 aliphatic rings. The predicted octanol–water partition coefficient (Wildman–Crippen LogP) is 2.49. The molecule has 0 aromatic rings. The van der Waals surface area contributed by atoms with Crippen LogP contribution in [0.2, 0.25) is 0 Å². The fraction of sp³-hybridized carbons (Fsp3) is 0.812. The number of hydrogen-bond donors (Lipinski definition) is 5. The van der Waals surface area contributed by atoms with Gasteiger partial charge in [-0.1, -0.05) is 44.1 Å². The normalized spacial score (nSPS) is 43.4. The van der Waals surface area contributed by atoms with E-state index in [9.17, 15) is 25.5 Å². The van der Waals surface area contributed by atoms with Crippen LogP contribution < -0.4 is 0 Å². The first-order valence-corrected chi connectivity index (χ1v) is 15.1. The zero-order valence-corrected chi connectivity index (χ0v) is 25.7. The topological polar surface area (TPSA) is 138 Å². The van der Waals surface area contributed by atoms with Crippen molar-refractivity contribution in [3.05, 3.63) is 35.5 Å². The Hall–Kier alpha value is -1.14. The molecular formula is C32H52O9. The van der Waals surface area contributed by atoms with Crippen LogP contribution in [-0.4, -0.2) is 100 Å². The van der Waals surface area contributed by atoms with Crippen molar-refractivity contribution in [2.75, 3.05) is 20.3 Å². The zero-order chi connectivity index (χ0) is 30.4. The third-order valence-electron chi connectivity index (χ3n) is 10.1. The fourth-order valence-corrected chi connectivity index (χ4v) is 7.30. The van der Waals surface area contributed by atoms with E-state index in [1.807, 2.05) is 27.7 Å². The molecule has 0 spiro atoms. The Morgan fingerprint density at radius 1 is 1.07 bits per heavy atom. The second kappa shape index (κ2) is 12.5. The standard InChI is InChI=1S/C32H52O9/c1-9-31(5,6)39-15-22-26(35)27(36)28(37)30(40-22)41-29-24-20(16(2)3)12-23(33)32(24,7)13-21-18(14-38-8)10-11-19(21)17(4)25(29)34/h9,13,16-19,22-23,25-30,33-37H,1,10-12,14-15H2,2-8H3/t17-,18-,19+,22-,23+,25-,26-,27+,28-,29-,30-,32+/m1/s1. The second-order valence-corrected chi connectivity index (χ2v) is 13.6. The van der Waals surface area contributed by atoms with Crippen molar-refractivity contribution in [3.8, 4) is 0 Å². The van der Waals surface area contributed by atoms with Crippen LogP contribution in [0.4, 0.5) is 0 Å². The van der Waals surface area contributed by atoms with E-state index in [1.54, 1.807) is 13.2 Å². The molecule has 9 nitrogen and oxygen atoms in total. The van der Waals surface area contributed by atoms with Gasteiger partial charge in [0.1, 0.15) is 30.5 Å². The van der Waals surface area contributed by atoms with Crippen molar-refractivity contribution < 1.29 is 44.5 Å². The van der Waals surface area contributed by atoms with Gasteiger partial charge in [-0.3, -0.25) is 0 Å². The van der Waals surface area contributed by atoms with Crippen molar-refractivity contribution in [3.63, 3.8) is 0 Å². The van der Waals surface area contributed by atoms with E-state index in [2.05, 4.69) is 26.5 Å². The van der Waals surface area contributed by atoms with Crippen LogP contribution in [0.15, 0.2) is 35.5 Å². The van der Waals surface area contributed by atoms with E-state index in [0.717, 1.165) is 24.0 Å². The predicted molar refractivity (Wildman–Crippen MR) is 154 cm³/mol. The number of hydrogen-bond acceptors (Lipinski definition) is 9. The summed E-state index contributed by atoms with van der Waals surface area (Å²) in [6.45, 7) is 16.0. The second-order valence-electron chi connectivity index (χ2n) is 13.6. The van der Waals surface area contributed by atoms with Gasteiger partial charge in [0.2, 0.25) is 0 Å². The van der Waals surface area contributed by atoms with Gasteiger partial charge in [0, 0.05) is 18.4 Å². The quantitative estimate of drug-likeness (QED) is 0.261. The molecule has 1 aliphatic heterocycles. The molecule has 0 bridgehead atoms. The van der Waals surface area contributed by atoms with E-state index in [-0.39, 0.29) is 30.3 Å². The highest BCUT2D eigenvalue weighted by Gasteiger charge is 2.55. The molecule has 0 radical (unpaired) electrons. The SMILES string of the molecule is C=CC(C)(C)OC[C@H]1O[C@H](O[C@@H]2C3=C(C(C)C)C[C@H](O)[C@]3(C)C=C3[C@@H](COC)CC[C@H]3[C@@H](C)[C@H]2O)[C@H](O)[C@@H](O)[C@@H]1O. The van der Waals surface area contributed by atoms with Gasteiger partial charge in [-0.15, -0.1) is 6.58 Å². The Morgan fingerprint density at radius 2 is 1.76 bits per heavy atom. The largest absolute Gasteiger partial charge is 0.392 e. The number of ether oxygens (including phenoxy) is 4. The van der Waals surface area contributed by atoms with Crippen molar-refractivity contribution in [1.82, 2.24) is 0 Å². The summed E-state index contributed by atoms with van der Waals surface area (Å²) in [4.78, 5) is 0. The Bertz CT molecular complexity index is 1010. The number of methoxy groups -OCH3 is 1. The van der Waals surface area contributed by atoms with Crippen molar-refractivity contribution in [1.29, 1.82) is 0 Å². The lowest BCUT2D eigenvalue weighted by Gasteiger charge is -2.46. The molecule has 1 saturated carbocycles. The summed E-state index contributed by atoms with van der Waals surface area (Å²) in [5.74, 6) is 0.178. The Morgan fingerprint density at radius 3 is 2.37 bits per heavy atom. The van der Waals surface area contributed by atoms with Gasteiger partial charge < -0.3 is 44.5 Å². The smallest absolute Gasteiger partial charge is 0.187 e. The fourth-order valence-electron chi connectivity index (χ4n) is 7.30. The number of rotatable bonds is 9. The van der Waals surface area contributed by atoms with E-state index in [1.165, 1.54) is 5.57 Å². The van der Waals surface area contributed by atoms with Gasteiger partial charge in [0.05, 0.1) is 31.0 Å². The van der Waals surface area contributed by atoms with E-state index in [0.29, 0.717) is 13.0 Å². The first kappa shape index (κ1) is 32.8. The average Bonchev–Trinajstić information content (AvgIpc) is 3.42. The van der Waals surface area contributed by atoms with Crippen LogP contribution >= 0.6 is 0 Å². The molecule has 0 aromatic carbocycles. The summed E-state index contributed by atoms with van der Waals surface area (Å²) in [5, 5.41) is 56.0. The van der Waals surface area contributed by atoms with Crippen LogP contribution in [-0.2, 0) is 18.9 Å². The number of aliphatic hydroxyl groups excluding tert-OH is 5. The monoisotopic (exact) mass is 580 g/mol. The van der Waals surface area contributed by atoms with Gasteiger partial charge in [0.25, 0.3) is 0 Å². The van der Waals surface area contributed by atoms with Gasteiger partial charge in [-0.05, 0) is 63.4 Å². The molecule has 4 rings (SSSR count). The molecule has 2 fully saturated rings. The summed E-state index contributed by atoms with van der Waals surface area (Å²) in [5.41, 5.74) is 1.51. The van der Waals surface area contributed by atoms with Crippen molar-refractivity contribution in [2.45, 2.75) is 115 Å². The van der Waals surface area contributed by atoms with Gasteiger partial charge in [-0.25, -0.2) is 0 Å². The lowest BCUT2D eigenvalue weighted by atomic mass is 9.68. The van der Waals surface area contributed by atoms with E-state index >= 15 is 0 Å². The molecule has 3 aliphatic carbocycles. The highest BCUT2D eigenvalue weighted by Crippen LogP contribution is 2.55. The minimum Gasteiger partial charge on any atom is -0.392 e. The van der Waals surface area contributed by atoms with Crippen LogP contribution in [0, 0.1) is 29.1 Å². The summed E-state index contributed by atoms with van der Waals surface area (Å²) in [6.07, 6.45) is -3.38. The minimum absolute atomic E-state index is 0.0706. The third kappa shape index (κ3) is 6.12. The zero-order valence-electron chi connectivity index (χ0n) is 25.7. The molecule has 0 amide bonds. The van der Waals surface area contributed by atoms with Gasteiger partial charge >= 0.3 is 0 Å². The molecule has 9 heteroatoms. The lowest BCUT2D eigenvalue weighted by molar-refractivity contribution is -0.319. The molecule has 0 unspecified atom stereocenters. The molecule has 5 N–H and O–H groups in total.